The maximum Gasteiger partial charge on any atom is 0.256 e. The van der Waals surface area contributed by atoms with Gasteiger partial charge in [0.2, 0.25) is 0 Å². The molecule has 3 N–H and O–H groups in total. The molecule has 0 heterocycles. The Morgan fingerprint density at radius 2 is 1.89 bits per heavy atom. The molecule has 0 saturated heterocycles. The highest BCUT2D eigenvalue weighted by Gasteiger charge is 2.11. The van der Waals surface area contributed by atoms with Crippen molar-refractivity contribution in [2.45, 2.75) is 0 Å². The van der Waals surface area contributed by atoms with Gasteiger partial charge in [-0.25, -0.2) is 0 Å². The average Bonchev–Trinajstić information content (AvgIpc) is 2.36. The summed E-state index contributed by atoms with van der Waals surface area (Å²) in [4.78, 5) is 12.1. The van der Waals surface area contributed by atoms with Crippen LogP contribution in [0, 0.1) is 0 Å². The number of carbonyl (C=O) groups is 1. The van der Waals surface area contributed by atoms with Gasteiger partial charge in [-0.3, -0.25) is 4.79 Å². The van der Waals surface area contributed by atoms with Crippen LogP contribution < -0.4 is 11.1 Å². The van der Waals surface area contributed by atoms with Gasteiger partial charge in [0.1, 0.15) is 0 Å². The van der Waals surface area contributed by atoms with Crippen LogP contribution in [0.1, 0.15) is 10.4 Å². The molecule has 6 heteroatoms. The molecule has 0 aromatic heterocycles. The van der Waals surface area contributed by atoms with E-state index in [0.717, 1.165) is 8.95 Å². The minimum Gasteiger partial charge on any atom is -0.398 e. The number of hydrogen-bond acceptors (Lipinski definition) is 2. The molecular formula is C13H9Br2ClN2O. The molecule has 98 valence electrons. The van der Waals surface area contributed by atoms with Crippen LogP contribution >= 0.6 is 43.5 Å². The standard InChI is InChI=1S/C13H9Br2ClN2O/c14-7-1-3-10(15)9(5-7)13(19)18-8-2-4-12(17)11(16)6-8/h1-6H,17H2,(H,18,19). The van der Waals surface area contributed by atoms with Crippen LogP contribution in [0.15, 0.2) is 45.3 Å². The molecule has 3 nitrogen and oxygen atoms in total. The van der Waals surface area contributed by atoms with E-state index in [-0.39, 0.29) is 5.91 Å². The topological polar surface area (TPSA) is 55.1 Å². The molecule has 0 unspecified atom stereocenters. The van der Waals surface area contributed by atoms with E-state index in [2.05, 4.69) is 37.2 Å². The lowest BCUT2D eigenvalue weighted by molar-refractivity contribution is 0.102. The predicted molar refractivity (Wildman–Crippen MR) is 85.7 cm³/mol. The van der Waals surface area contributed by atoms with Gasteiger partial charge in [0.25, 0.3) is 5.91 Å². The number of nitrogens with one attached hydrogen (secondary N) is 1. The molecule has 0 radical (unpaired) electrons. The summed E-state index contributed by atoms with van der Waals surface area (Å²) in [5.74, 6) is -0.228. The van der Waals surface area contributed by atoms with E-state index in [4.69, 9.17) is 17.3 Å². The lowest BCUT2D eigenvalue weighted by atomic mass is 10.2. The summed E-state index contributed by atoms with van der Waals surface area (Å²) < 4.78 is 1.55. The van der Waals surface area contributed by atoms with Crippen molar-refractivity contribution < 1.29 is 4.79 Å². The van der Waals surface area contributed by atoms with Gasteiger partial charge in [0.15, 0.2) is 0 Å². The van der Waals surface area contributed by atoms with Crippen molar-refractivity contribution >= 4 is 60.7 Å². The number of halogens is 3. The number of carbonyl (C=O) groups excluding carboxylic acids is 1. The van der Waals surface area contributed by atoms with Crippen molar-refractivity contribution in [1.29, 1.82) is 0 Å². The van der Waals surface area contributed by atoms with Crippen LogP contribution in [0.4, 0.5) is 11.4 Å². The van der Waals surface area contributed by atoms with Gasteiger partial charge >= 0.3 is 0 Å². The Balaban J connectivity index is 2.25. The van der Waals surface area contributed by atoms with Crippen LogP contribution in [0.3, 0.4) is 0 Å². The summed E-state index contributed by atoms with van der Waals surface area (Å²) in [5.41, 5.74) is 7.22. The molecule has 0 atom stereocenters. The van der Waals surface area contributed by atoms with Crippen LogP contribution in [-0.4, -0.2) is 5.91 Å². The SMILES string of the molecule is Nc1ccc(NC(=O)c2cc(Br)ccc2Br)cc1Cl. The molecule has 19 heavy (non-hydrogen) atoms. The Bertz CT molecular complexity index is 647. The second kappa shape index (κ2) is 5.94. The Hall–Kier alpha value is -1.04. The van der Waals surface area contributed by atoms with Crippen LogP contribution in [-0.2, 0) is 0 Å². The number of rotatable bonds is 2. The first-order valence-corrected chi connectivity index (χ1v) is 7.25. The van der Waals surface area contributed by atoms with Gasteiger partial charge in [0.05, 0.1) is 16.3 Å². The normalized spacial score (nSPS) is 10.3. The molecule has 2 rings (SSSR count). The van der Waals surface area contributed by atoms with Crippen LogP contribution in [0.25, 0.3) is 0 Å². The maximum atomic E-state index is 12.1. The van der Waals surface area contributed by atoms with Crippen molar-refractivity contribution in [1.82, 2.24) is 0 Å². The second-order valence-corrected chi connectivity index (χ2v) is 5.99. The molecule has 0 bridgehead atoms. The molecule has 1 amide bonds. The summed E-state index contributed by atoms with van der Waals surface area (Å²) in [6, 6.07) is 10.3. The molecule has 0 saturated carbocycles. The van der Waals surface area contributed by atoms with E-state index >= 15 is 0 Å². The van der Waals surface area contributed by atoms with E-state index in [1.54, 1.807) is 30.3 Å². The minimum atomic E-state index is -0.228. The Morgan fingerprint density at radius 1 is 1.16 bits per heavy atom. The number of benzene rings is 2. The molecule has 2 aromatic carbocycles. The lowest BCUT2D eigenvalue weighted by Gasteiger charge is -2.08. The predicted octanol–water partition coefficient (Wildman–Crippen LogP) is 4.70. The lowest BCUT2D eigenvalue weighted by Crippen LogP contribution is -2.12. The molecular weight excluding hydrogens is 395 g/mol. The Labute approximate surface area is 132 Å². The first-order valence-electron chi connectivity index (χ1n) is 5.29. The zero-order chi connectivity index (χ0) is 14.0. The average molecular weight is 404 g/mol. The van der Waals surface area contributed by atoms with E-state index in [1.165, 1.54) is 0 Å². The number of amides is 1. The second-order valence-electron chi connectivity index (χ2n) is 3.81. The number of anilines is 2. The summed E-state index contributed by atoms with van der Waals surface area (Å²) in [5, 5.41) is 3.17. The van der Waals surface area contributed by atoms with Gasteiger partial charge in [0, 0.05) is 14.6 Å². The third-order valence-electron chi connectivity index (χ3n) is 2.43. The Kier molecular flexibility index (Phi) is 4.50. The van der Waals surface area contributed by atoms with Crippen molar-refractivity contribution in [2.24, 2.45) is 0 Å². The van der Waals surface area contributed by atoms with E-state index < -0.39 is 0 Å². The number of nitrogen functional groups attached to an aromatic ring is 1. The van der Waals surface area contributed by atoms with Gasteiger partial charge in [-0.2, -0.15) is 0 Å². The monoisotopic (exact) mass is 402 g/mol. The van der Waals surface area contributed by atoms with Gasteiger partial charge < -0.3 is 11.1 Å². The third-order valence-corrected chi connectivity index (χ3v) is 3.94. The molecule has 0 fully saturated rings. The van der Waals surface area contributed by atoms with Crippen LogP contribution in [0.2, 0.25) is 5.02 Å². The van der Waals surface area contributed by atoms with E-state index in [9.17, 15) is 4.79 Å². The maximum absolute atomic E-state index is 12.1. The highest BCUT2D eigenvalue weighted by molar-refractivity contribution is 9.11. The molecule has 0 spiro atoms. The zero-order valence-electron chi connectivity index (χ0n) is 9.58. The Morgan fingerprint density at radius 3 is 2.58 bits per heavy atom. The van der Waals surface area contributed by atoms with Crippen molar-refractivity contribution in [3.8, 4) is 0 Å². The van der Waals surface area contributed by atoms with E-state index in [0.29, 0.717) is 22.0 Å². The first kappa shape index (κ1) is 14.4. The number of nitrogens with two attached hydrogens (primary N) is 1. The van der Waals surface area contributed by atoms with Gasteiger partial charge in [-0.15, -0.1) is 0 Å². The molecule has 0 aliphatic heterocycles. The van der Waals surface area contributed by atoms with Crippen molar-refractivity contribution in [3.05, 3.63) is 55.9 Å². The van der Waals surface area contributed by atoms with Gasteiger partial charge in [-0.1, -0.05) is 27.5 Å². The largest absolute Gasteiger partial charge is 0.398 e. The first-order chi connectivity index (χ1) is 8.97. The fourth-order valence-electron chi connectivity index (χ4n) is 1.47. The fourth-order valence-corrected chi connectivity index (χ4v) is 2.44. The highest BCUT2D eigenvalue weighted by atomic mass is 79.9. The number of hydrogen-bond donors (Lipinski definition) is 2. The van der Waals surface area contributed by atoms with E-state index in [1.807, 2.05) is 6.07 Å². The van der Waals surface area contributed by atoms with Crippen LogP contribution in [0.5, 0.6) is 0 Å². The third kappa shape index (κ3) is 3.49. The highest BCUT2D eigenvalue weighted by Crippen LogP contribution is 2.25. The zero-order valence-corrected chi connectivity index (χ0v) is 13.5. The molecule has 2 aromatic rings. The smallest absolute Gasteiger partial charge is 0.256 e. The minimum absolute atomic E-state index is 0.228. The van der Waals surface area contributed by atoms with Gasteiger partial charge in [-0.05, 0) is 52.3 Å². The summed E-state index contributed by atoms with van der Waals surface area (Å²) in [6.45, 7) is 0. The molecule has 0 aliphatic rings. The summed E-state index contributed by atoms with van der Waals surface area (Å²) in [6.07, 6.45) is 0. The summed E-state index contributed by atoms with van der Waals surface area (Å²) >= 11 is 12.6. The fraction of sp³-hybridized carbons (Fsp3) is 0. The van der Waals surface area contributed by atoms with Crippen molar-refractivity contribution in [2.75, 3.05) is 11.1 Å². The summed E-state index contributed by atoms with van der Waals surface area (Å²) in [7, 11) is 0. The quantitative estimate of drug-likeness (QED) is 0.713. The molecule has 0 aliphatic carbocycles. The van der Waals surface area contributed by atoms with Crippen molar-refractivity contribution in [3.63, 3.8) is 0 Å².